The third-order valence-corrected chi connectivity index (χ3v) is 3.87. The van der Waals surface area contributed by atoms with Crippen molar-refractivity contribution in [2.45, 2.75) is 6.42 Å². The van der Waals surface area contributed by atoms with E-state index in [1.165, 1.54) is 11.3 Å². The van der Waals surface area contributed by atoms with Crippen LogP contribution in [0.15, 0.2) is 54.0 Å². The van der Waals surface area contributed by atoms with Gasteiger partial charge in [-0.05, 0) is 36.4 Å². The Bertz CT molecular complexity index is 751. The molecule has 0 saturated heterocycles. The number of rotatable bonds is 4. The highest BCUT2D eigenvalue weighted by atomic mass is 32.1. The lowest BCUT2D eigenvalue weighted by molar-refractivity contribution is 0.0993. The Morgan fingerprint density at radius 3 is 2.62 bits per heavy atom. The van der Waals surface area contributed by atoms with Crippen LogP contribution < -0.4 is 5.73 Å². The molecule has 0 aliphatic carbocycles. The SMILES string of the molecule is Nc1ccc(C(=O)Cc2nc(-c3ccccn3)cs2)cc1. The molecule has 104 valence electrons. The number of ketones is 1. The van der Waals surface area contributed by atoms with Crippen molar-refractivity contribution in [3.8, 4) is 11.4 Å². The van der Waals surface area contributed by atoms with E-state index in [-0.39, 0.29) is 5.78 Å². The molecule has 21 heavy (non-hydrogen) atoms. The third kappa shape index (κ3) is 3.14. The van der Waals surface area contributed by atoms with Crippen molar-refractivity contribution in [2.75, 3.05) is 5.73 Å². The number of anilines is 1. The van der Waals surface area contributed by atoms with Crippen LogP contribution in [0.2, 0.25) is 0 Å². The average Bonchev–Trinajstić information content (AvgIpc) is 2.97. The van der Waals surface area contributed by atoms with Crippen molar-refractivity contribution in [2.24, 2.45) is 0 Å². The number of thiazole rings is 1. The van der Waals surface area contributed by atoms with Crippen LogP contribution in [0.25, 0.3) is 11.4 Å². The highest BCUT2D eigenvalue weighted by Gasteiger charge is 2.11. The third-order valence-electron chi connectivity index (χ3n) is 3.02. The van der Waals surface area contributed by atoms with Gasteiger partial charge < -0.3 is 5.73 Å². The Hall–Kier alpha value is -2.53. The van der Waals surface area contributed by atoms with Gasteiger partial charge in [-0.15, -0.1) is 11.3 Å². The van der Waals surface area contributed by atoms with Crippen molar-refractivity contribution in [3.05, 3.63) is 64.6 Å². The zero-order valence-corrected chi connectivity index (χ0v) is 12.0. The molecule has 0 radical (unpaired) electrons. The predicted octanol–water partition coefficient (Wildman–Crippen LogP) is 3.21. The maximum Gasteiger partial charge on any atom is 0.169 e. The summed E-state index contributed by atoms with van der Waals surface area (Å²) in [5, 5.41) is 2.71. The molecular formula is C16H13N3OS. The van der Waals surface area contributed by atoms with Crippen LogP contribution in [0.5, 0.6) is 0 Å². The smallest absolute Gasteiger partial charge is 0.169 e. The van der Waals surface area contributed by atoms with E-state index in [0.29, 0.717) is 17.7 Å². The molecule has 0 spiro atoms. The molecule has 5 heteroatoms. The summed E-state index contributed by atoms with van der Waals surface area (Å²) < 4.78 is 0. The van der Waals surface area contributed by atoms with Crippen LogP contribution >= 0.6 is 11.3 Å². The summed E-state index contributed by atoms with van der Waals surface area (Å²) in [7, 11) is 0. The molecule has 1 aromatic carbocycles. The van der Waals surface area contributed by atoms with E-state index in [1.807, 2.05) is 23.6 Å². The molecule has 0 amide bonds. The number of nitrogens with zero attached hydrogens (tertiary/aromatic N) is 2. The second-order valence-corrected chi connectivity index (χ2v) is 5.51. The van der Waals surface area contributed by atoms with Crippen LogP contribution in [0.4, 0.5) is 5.69 Å². The lowest BCUT2D eigenvalue weighted by Crippen LogP contribution is -2.03. The number of aromatic nitrogens is 2. The van der Waals surface area contributed by atoms with Gasteiger partial charge in [-0.2, -0.15) is 0 Å². The van der Waals surface area contributed by atoms with Gasteiger partial charge in [0.15, 0.2) is 5.78 Å². The number of pyridine rings is 1. The Morgan fingerprint density at radius 1 is 1.10 bits per heavy atom. The van der Waals surface area contributed by atoms with Gasteiger partial charge in [0.25, 0.3) is 0 Å². The van der Waals surface area contributed by atoms with E-state index >= 15 is 0 Å². The van der Waals surface area contributed by atoms with Crippen molar-refractivity contribution in [1.82, 2.24) is 9.97 Å². The van der Waals surface area contributed by atoms with Gasteiger partial charge in [-0.25, -0.2) is 4.98 Å². The van der Waals surface area contributed by atoms with Crippen LogP contribution in [-0.2, 0) is 6.42 Å². The molecule has 4 nitrogen and oxygen atoms in total. The number of carbonyl (C=O) groups excluding carboxylic acids is 1. The van der Waals surface area contributed by atoms with Gasteiger partial charge in [0.2, 0.25) is 0 Å². The van der Waals surface area contributed by atoms with Crippen molar-refractivity contribution in [3.63, 3.8) is 0 Å². The summed E-state index contributed by atoms with van der Waals surface area (Å²) in [5.74, 6) is 0.0388. The van der Waals surface area contributed by atoms with Gasteiger partial charge in [0, 0.05) is 22.8 Å². The first-order chi connectivity index (χ1) is 10.2. The number of hydrogen-bond donors (Lipinski definition) is 1. The Kier molecular flexibility index (Phi) is 3.75. The predicted molar refractivity (Wildman–Crippen MR) is 84.2 cm³/mol. The lowest BCUT2D eigenvalue weighted by atomic mass is 10.1. The number of carbonyl (C=O) groups is 1. The minimum Gasteiger partial charge on any atom is -0.399 e. The Morgan fingerprint density at radius 2 is 1.90 bits per heavy atom. The summed E-state index contributed by atoms with van der Waals surface area (Å²) in [6, 6.07) is 12.6. The molecular weight excluding hydrogens is 282 g/mol. The van der Waals surface area contributed by atoms with Crippen LogP contribution in [-0.4, -0.2) is 15.8 Å². The molecule has 3 aromatic rings. The summed E-state index contributed by atoms with van der Waals surface area (Å²) in [4.78, 5) is 20.9. The first-order valence-electron chi connectivity index (χ1n) is 6.47. The number of nitrogen functional groups attached to an aromatic ring is 1. The zero-order valence-electron chi connectivity index (χ0n) is 11.2. The number of nitrogens with two attached hydrogens (primary N) is 1. The molecule has 0 fully saturated rings. The summed E-state index contributed by atoms with van der Waals surface area (Å²) in [5.41, 5.74) is 8.55. The van der Waals surface area contributed by atoms with Crippen LogP contribution in [0.3, 0.4) is 0 Å². The largest absolute Gasteiger partial charge is 0.399 e. The molecule has 0 bridgehead atoms. The fourth-order valence-electron chi connectivity index (χ4n) is 1.93. The molecule has 0 unspecified atom stereocenters. The van der Waals surface area contributed by atoms with Gasteiger partial charge in [-0.3, -0.25) is 9.78 Å². The average molecular weight is 295 g/mol. The highest BCUT2D eigenvalue weighted by molar-refractivity contribution is 7.10. The van der Waals surface area contributed by atoms with Gasteiger partial charge in [-0.1, -0.05) is 6.07 Å². The fraction of sp³-hybridized carbons (Fsp3) is 0.0625. The first kappa shape index (κ1) is 13.5. The molecule has 0 aliphatic heterocycles. The lowest BCUT2D eigenvalue weighted by Gasteiger charge is -1.99. The Labute approximate surface area is 126 Å². The van der Waals surface area contributed by atoms with Crippen molar-refractivity contribution >= 4 is 22.8 Å². The standard InChI is InChI=1S/C16H13N3OS/c17-12-6-4-11(5-7-12)15(20)9-16-19-14(10-21-16)13-3-1-2-8-18-13/h1-8,10H,9,17H2. The molecule has 3 rings (SSSR count). The quantitative estimate of drug-likeness (QED) is 0.592. The number of benzene rings is 1. The molecule has 0 aliphatic rings. The van der Waals surface area contributed by atoms with Gasteiger partial charge in [0.1, 0.15) is 5.01 Å². The fourth-order valence-corrected chi connectivity index (χ4v) is 2.72. The first-order valence-corrected chi connectivity index (χ1v) is 7.35. The van der Waals surface area contributed by atoms with E-state index in [0.717, 1.165) is 16.4 Å². The topological polar surface area (TPSA) is 68.9 Å². The van der Waals surface area contributed by atoms with E-state index in [2.05, 4.69) is 9.97 Å². The van der Waals surface area contributed by atoms with Crippen molar-refractivity contribution in [1.29, 1.82) is 0 Å². The monoisotopic (exact) mass is 295 g/mol. The van der Waals surface area contributed by atoms with E-state index < -0.39 is 0 Å². The Balaban J connectivity index is 1.75. The highest BCUT2D eigenvalue weighted by Crippen LogP contribution is 2.21. The summed E-state index contributed by atoms with van der Waals surface area (Å²) in [6.45, 7) is 0. The second kappa shape index (κ2) is 5.85. The minimum absolute atomic E-state index is 0.0388. The van der Waals surface area contributed by atoms with Crippen LogP contribution in [0, 0.1) is 0 Å². The molecule has 0 saturated carbocycles. The summed E-state index contributed by atoms with van der Waals surface area (Å²) in [6.07, 6.45) is 2.02. The van der Waals surface area contributed by atoms with Crippen LogP contribution in [0.1, 0.15) is 15.4 Å². The second-order valence-electron chi connectivity index (χ2n) is 4.56. The normalized spacial score (nSPS) is 10.5. The van der Waals surface area contributed by atoms with E-state index in [1.54, 1.807) is 30.5 Å². The van der Waals surface area contributed by atoms with E-state index in [4.69, 9.17) is 5.73 Å². The summed E-state index contributed by atoms with van der Waals surface area (Å²) >= 11 is 1.47. The zero-order chi connectivity index (χ0) is 14.7. The van der Waals surface area contributed by atoms with Gasteiger partial charge in [0.05, 0.1) is 17.8 Å². The molecule has 2 N–H and O–H groups in total. The number of hydrogen-bond acceptors (Lipinski definition) is 5. The number of Topliss-reactive ketones (excluding diaryl/α,β-unsaturated/α-hetero) is 1. The maximum atomic E-state index is 12.2. The molecule has 0 atom stereocenters. The van der Waals surface area contributed by atoms with E-state index in [9.17, 15) is 4.79 Å². The minimum atomic E-state index is 0.0388. The van der Waals surface area contributed by atoms with Gasteiger partial charge >= 0.3 is 0 Å². The van der Waals surface area contributed by atoms with Crippen molar-refractivity contribution < 1.29 is 4.79 Å². The molecule has 2 heterocycles. The maximum absolute atomic E-state index is 12.2. The molecule has 2 aromatic heterocycles.